The highest BCUT2D eigenvalue weighted by molar-refractivity contribution is 5.68. The molecule has 28 heavy (non-hydrogen) atoms. The molecule has 2 aliphatic rings. The Bertz CT molecular complexity index is 923. The van der Waals surface area contributed by atoms with E-state index in [1.54, 1.807) is 0 Å². The number of benzene rings is 2. The molecule has 148 valence electrons. The Balaban J connectivity index is 0.00000225. The van der Waals surface area contributed by atoms with E-state index in [0.29, 0.717) is 0 Å². The van der Waals surface area contributed by atoms with Gasteiger partial charge < -0.3 is 43.3 Å². The van der Waals surface area contributed by atoms with E-state index in [9.17, 15) is 0 Å². The van der Waals surface area contributed by atoms with Crippen LogP contribution in [0.1, 0.15) is 25.0 Å². The van der Waals surface area contributed by atoms with E-state index in [4.69, 9.17) is 9.47 Å². The number of ether oxygens (including phenoxy) is 2. The van der Waals surface area contributed by atoms with E-state index in [1.807, 2.05) is 18.2 Å². The quantitative estimate of drug-likeness (QED) is 0.615. The van der Waals surface area contributed by atoms with Crippen molar-refractivity contribution in [2.45, 2.75) is 33.9 Å². The number of aryl methyl sites for hydroxylation is 2. The van der Waals surface area contributed by atoms with E-state index in [2.05, 4.69) is 73.9 Å². The molecule has 0 amide bonds. The second kappa shape index (κ2) is 8.47. The van der Waals surface area contributed by atoms with E-state index in [-0.39, 0.29) is 30.2 Å². The highest BCUT2D eigenvalue weighted by Crippen LogP contribution is 2.40. The Kier molecular flexibility index (Phi) is 6.23. The monoisotopic (exact) mass is 489 g/mol. The van der Waals surface area contributed by atoms with E-state index in [0.717, 1.165) is 41.8 Å². The van der Waals surface area contributed by atoms with Crippen molar-refractivity contribution in [2.24, 2.45) is 0 Å². The summed E-state index contributed by atoms with van der Waals surface area (Å²) in [5.74, 6) is 2.71. The Morgan fingerprint density at radius 1 is 0.929 bits per heavy atom. The second-order valence-electron chi connectivity index (χ2n) is 6.97. The van der Waals surface area contributed by atoms with Gasteiger partial charge in [0.05, 0.1) is 11.4 Å². The van der Waals surface area contributed by atoms with Gasteiger partial charge in [-0.1, -0.05) is 18.2 Å². The first-order valence-electron chi connectivity index (χ1n) is 9.59. The van der Waals surface area contributed by atoms with Crippen LogP contribution in [0.25, 0.3) is 0 Å². The third-order valence-electron chi connectivity index (χ3n) is 5.04. The number of fused-ring (bicyclic) bond motifs is 2. The fraction of sp³-hybridized carbons (Fsp3) is 0.304. The number of nitrogens with zero attached hydrogens (tertiary/aromatic N) is 2. The maximum absolute atomic E-state index is 6.12. The van der Waals surface area contributed by atoms with Crippen LogP contribution in [0.5, 0.6) is 11.5 Å². The second-order valence-corrected chi connectivity index (χ2v) is 6.97. The van der Waals surface area contributed by atoms with Gasteiger partial charge in [-0.2, -0.15) is 0 Å². The van der Waals surface area contributed by atoms with Crippen molar-refractivity contribution in [3.63, 3.8) is 0 Å². The molecule has 0 fully saturated rings. The van der Waals surface area contributed by atoms with Gasteiger partial charge in [0.1, 0.15) is 5.75 Å². The minimum atomic E-state index is -0.0928. The topological polar surface area (TPSA) is 24.9 Å². The van der Waals surface area contributed by atoms with Crippen molar-refractivity contribution >= 4 is 11.4 Å². The van der Waals surface area contributed by atoms with Crippen molar-refractivity contribution < 1.29 is 33.5 Å². The molecule has 5 heteroatoms. The van der Waals surface area contributed by atoms with Crippen LogP contribution in [0.3, 0.4) is 0 Å². The molecule has 1 atom stereocenters. The summed E-state index contributed by atoms with van der Waals surface area (Å²) >= 11 is 0. The summed E-state index contributed by atoms with van der Waals surface area (Å²) in [6.07, 6.45) is 6.04. The molecule has 0 saturated carbocycles. The number of likely N-dealkylation sites (N-methyl/N-ethyl adjacent to an activating group) is 1. The lowest BCUT2D eigenvalue weighted by Gasteiger charge is -2.21. The normalized spacial score (nSPS) is 18.7. The van der Waals surface area contributed by atoms with Crippen LogP contribution in [0.2, 0.25) is 0 Å². The van der Waals surface area contributed by atoms with Crippen molar-refractivity contribution in [1.82, 2.24) is 0 Å². The molecule has 0 bridgehead atoms. The Labute approximate surface area is 184 Å². The summed E-state index contributed by atoms with van der Waals surface area (Å²) in [7, 11) is 0. The average molecular weight is 489 g/mol. The number of allylic oxidation sites excluding steroid dienone is 2. The van der Waals surface area contributed by atoms with Crippen LogP contribution in [0.4, 0.5) is 11.4 Å². The lowest BCUT2D eigenvalue weighted by molar-refractivity contribution is -0.00000663. The number of hydrogen-bond donors (Lipinski definition) is 0. The van der Waals surface area contributed by atoms with Crippen LogP contribution < -0.4 is 43.3 Å². The molecule has 2 aliphatic heterocycles. The van der Waals surface area contributed by atoms with Gasteiger partial charge in [0.25, 0.3) is 0 Å². The molecule has 2 aromatic carbocycles. The maximum atomic E-state index is 6.12. The molecule has 0 aliphatic carbocycles. The molecular formula is C23H26IN2O2-. The minimum absolute atomic E-state index is 0. The molecule has 0 N–H and O–H groups in total. The van der Waals surface area contributed by atoms with Crippen LogP contribution in [0, 0.1) is 13.8 Å². The molecule has 0 spiro atoms. The van der Waals surface area contributed by atoms with Crippen molar-refractivity contribution in [3.8, 4) is 11.5 Å². The Morgan fingerprint density at radius 2 is 1.61 bits per heavy atom. The van der Waals surface area contributed by atoms with Crippen molar-refractivity contribution in [3.05, 3.63) is 71.6 Å². The summed E-state index contributed by atoms with van der Waals surface area (Å²) in [4.78, 5) is 4.46. The zero-order valence-corrected chi connectivity index (χ0v) is 18.9. The third-order valence-corrected chi connectivity index (χ3v) is 5.04. The number of halogens is 1. The fourth-order valence-electron chi connectivity index (χ4n) is 3.67. The standard InChI is InChI=1S/C23H26N2O2.HI/c1-5-24-18-14-16(3)10-12-20(18)26-22(24)8-7-9-23-25(6-2)19-15-17(4)11-13-21(19)27-23;/h7-15,22H,5-6H2,1-4H3;1H/p-1/b8-7+,23-9-;. The SMILES string of the molecule is CCN1/C(=C/C=C/C2Oc3ccc(C)cc3N2CC)Oc2ccc(C)cc21.[I-]. The van der Waals surface area contributed by atoms with E-state index >= 15 is 0 Å². The van der Waals surface area contributed by atoms with Gasteiger partial charge in [-0.3, -0.25) is 0 Å². The Hall–Kier alpha value is -2.15. The third kappa shape index (κ3) is 3.72. The van der Waals surface area contributed by atoms with Crippen LogP contribution in [0.15, 0.2) is 60.5 Å². The molecule has 2 aromatic rings. The maximum Gasteiger partial charge on any atom is 0.200 e. The van der Waals surface area contributed by atoms with Crippen LogP contribution in [-0.4, -0.2) is 19.3 Å². The van der Waals surface area contributed by atoms with Crippen molar-refractivity contribution in [1.29, 1.82) is 0 Å². The highest BCUT2D eigenvalue weighted by Gasteiger charge is 2.28. The van der Waals surface area contributed by atoms with Gasteiger partial charge in [-0.25, -0.2) is 0 Å². The van der Waals surface area contributed by atoms with Gasteiger partial charge in [0.2, 0.25) is 5.88 Å². The summed E-state index contributed by atoms with van der Waals surface area (Å²) in [6.45, 7) is 10.3. The number of rotatable bonds is 4. The zero-order valence-electron chi connectivity index (χ0n) is 16.8. The lowest BCUT2D eigenvalue weighted by Crippen LogP contribution is -3.00. The van der Waals surface area contributed by atoms with Crippen molar-refractivity contribution in [2.75, 3.05) is 22.9 Å². The molecule has 0 saturated heterocycles. The zero-order chi connectivity index (χ0) is 19.0. The summed E-state index contributed by atoms with van der Waals surface area (Å²) in [6, 6.07) is 12.6. The number of hydrogen-bond acceptors (Lipinski definition) is 4. The fourth-order valence-corrected chi connectivity index (χ4v) is 3.67. The molecule has 4 rings (SSSR count). The first-order chi connectivity index (χ1) is 13.1. The summed E-state index contributed by atoms with van der Waals surface area (Å²) < 4.78 is 12.2. The first-order valence-corrected chi connectivity index (χ1v) is 9.59. The molecule has 2 heterocycles. The molecule has 0 radical (unpaired) electrons. The minimum Gasteiger partial charge on any atom is -1.00 e. The van der Waals surface area contributed by atoms with Crippen LogP contribution in [-0.2, 0) is 0 Å². The van der Waals surface area contributed by atoms with Gasteiger partial charge in [-0.05, 0) is 75.2 Å². The highest BCUT2D eigenvalue weighted by atomic mass is 127. The van der Waals surface area contributed by atoms with Crippen LogP contribution >= 0.6 is 0 Å². The molecule has 1 unspecified atom stereocenters. The summed E-state index contributed by atoms with van der Waals surface area (Å²) in [5.41, 5.74) is 4.77. The van der Waals surface area contributed by atoms with E-state index in [1.165, 1.54) is 11.1 Å². The lowest BCUT2D eigenvalue weighted by atomic mass is 10.2. The van der Waals surface area contributed by atoms with Gasteiger partial charge >= 0.3 is 0 Å². The van der Waals surface area contributed by atoms with Gasteiger partial charge in [-0.15, -0.1) is 0 Å². The average Bonchev–Trinajstić information content (AvgIpc) is 3.18. The predicted molar refractivity (Wildman–Crippen MR) is 111 cm³/mol. The van der Waals surface area contributed by atoms with Gasteiger partial charge in [0.15, 0.2) is 12.0 Å². The molecule has 4 nitrogen and oxygen atoms in total. The van der Waals surface area contributed by atoms with Gasteiger partial charge in [0, 0.05) is 13.1 Å². The summed E-state index contributed by atoms with van der Waals surface area (Å²) in [5, 5.41) is 0. The Morgan fingerprint density at radius 3 is 2.29 bits per heavy atom. The smallest absolute Gasteiger partial charge is 0.200 e. The molecular weight excluding hydrogens is 463 g/mol. The number of anilines is 2. The largest absolute Gasteiger partial charge is 1.00 e. The predicted octanol–water partition coefficient (Wildman–Crippen LogP) is 2.17. The van der Waals surface area contributed by atoms with E-state index < -0.39 is 0 Å². The first kappa shape index (κ1) is 20.6. The molecule has 0 aromatic heterocycles.